The molecule has 0 aliphatic heterocycles. The Morgan fingerprint density at radius 2 is 1.73 bits per heavy atom. The summed E-state index contributed by atoms with van der Waals surface area (Å²) >= 11 is 0. The van der Waals surface area contributed by atoms with Crippen molar-refractivity contribution >= 4 is 22.5 Å². The molecule has 2 aromatic rings. The molecule has 0 N–H and O–H groups in total. The van der Waals surface area contributed by atoms with Crippen LogP contribution in [-0.2, 0) is 9.53 Å². The predicted molar refractivity (Wildman–Crippen MR) is 85.3 cm³/mol. The minimum Gasteiger partial charge on any atom is -0.493 e. The summed E-state index contributed by atoms with van der Waals surface area (Å²) in [7, 11) is 1.32. The Labute approximate surface area is 130 Å². The number of fused-ring (bicyclic) bond motifs is 1. The molecule has 22 heavy (non-hydrogen) atoms. The molecule has 0 amide bonds. The number of rotatable bonds is 7. The highest BCUT2D eigenvalue weighted by atomic mass is 16.5. The van der Waals surface area contributed by atoms with Gasteiger partial charge in [-0.05, 0) is 23.9 Å². The van der Waals surface area contributed by atoms with Gasteiger partial charge in [0.25, 0.3) is 0 Å². The molecule has 0 bridgehead atoms. The average Bonchev–Trinajstić information content (AvgIpc) is 2.57. The van der Waals surface area contributed by atoms with Gasteiger partial charge in [0.05, 0.1) is 20.1 Å². The fourth-order valence-electron chi connectivity index (χ4n) is 2.30. The Bertz CT molecular complexity index is 676. The number of hydrogen-bond donors (Lipinski definition) is 0. The number of hydrogen-bond acceptors (Lipinski definition) is 4. The molecule has 0 atom stereocenters. The summed E-state index contributed by atoms with van der Waals surface area (Å²) in [5.41, 5.74) is 0.614. The van der Waals surface area contributed by atoms with Crippen molar-refractivity contribution in [2.75, 3.05) is 13.7 Å². The fourth-order valence-corrected chi connectivity index (χ4v) is 2.30. The largest absolute Gasteiger partial charge is 0.493 e. The number of esters is 1. The van der Waals surface area contributed by atoms with Crippen molar-refractivity contribution in [3.05, 3.63) is 42.0 Å². The summed E-state index contributed by atoms with van der Waals surface area (Å²) in [5.74, 6) is 0.339. The van der Waals surface area contributed by atoms with Crippen LogP contribution in [0.5, 0.6) is 5.75 Å². The SMILES string of the molecule is CCCOc1ccc(C(=O)CCC(=O)OC)c2ccccc12. The van der Waals surface area contributed by atoms with E-state index in [0.717, 1.165) is 22.9 Å². The highest BCUT2D eigenvalue weighted by Crippen LogP contribution is 2.29. The lowest BCUT2D eigenvalue weighted by Crippen LogP contribution is -2.07. The smallest absolute Gasteiger partial charge is 0.305 e. The lowest BCUT2D eigenvalue weighted by Gasteiger charge is -2.11. The molecule has 0 saturated carbocycles. The highest BCUT2D eigenvalue weighted by Gasteiger charge is 2.14. The second-order valence-corrected chi connectivity index (χ2v) is 5.00. The van der Waals surface area contributed by atoms with Gasteiger partial charge >= 0.3 is 5.97 Å². The number of benzene rings is 2. The van der Waals surface area contributed by atoms with Crippen LogP contribution in [0.25, 0.3) is 10.8 Å². The van der Waals surface area contributed by atoms with Crippen LogP contribution in [0.3, 0.4) is 0 Å². The van der Waals surface area contributed by atoms with Gasteiger partial charge in [-0.3, -0.25) is 9.59 Å². The molecule has 0 aliphatic carbocycles. The molecule has 2 aromatic carbocycles. The summed E-state index contributed by atoms with van der Waals surface area (Å²) in [6, 6.07) is 11.3. The van der Waals surface area contributed by atoms with Crippen LogP contribution >= 0.6 is 0 Å². The molecule has 0 fully saturated rings. The molecule has 0 saturated heterocycles. The van der Waals surface area contributed by atoms with E-state index < -0.39 is 0 Å². The Morgan fingerprint density at radius 1 is 1.00 bits per heavy atom. The first-order valence-electron chi connectivity index (χ1n) is 7.42. The van der Waals surface area contributed by atoms with Gasteiger partial charge in [-0.25, -0.2) is 0 Å². The third-order valence-corrected chi connectivity index (χ3v) is 3.43. The zero-order chi connectivity index (χ0) is 15.9. The van der Waals surface area contributed by atoms with Crippen molar-refractivity contribution in [3.63, 3.8) is 0 Å². The second-order valence-electron chi connectivity index (χ2n) is 5.00. The van der Waals surface area contributed by atoms with Gasteiger partial charge in [-0.15, -0.1) is 0 Å². The van der Waals surface area contributed by atoms with E-state index in [1.807, 2.05) is 37.3 Å². The number of methoxy groups -OCH3 is 1. The topological polar surface area (TPSA) is 52.6 Å². The zero-order valence-electron chi connectivity index (χ0n) is 12.9. The molecule has 0 radical (unpaired) electrons. The van der Waals surface area contributed by atoms with Crippen molar-refractivity contribution in [3.8, 4) is 5.75 Å². The lowest BCUT2D eigenvalue weighted by molar-refractivity contribution is -0.140. The third-order valence-electron chi connectivity index (χ3n) is 3.43. The van der Waals surface area contributed by atoms with E-state index in [4.69, 9.17) is 4.74 Å². The maximum Gasteiger partial charge on any atom is 0.305 e. The van der Waals surface area contributed by atoms with Gasteiger partial charge in [-0.1, -0.05) is 31.2 Å². The Hall–Kier alpha value is -2.36. The van der Waals surface area contributed by atoms with Crippen molar-refractivity contribution in [2.24, 2.45) is 0 Å². The van der Waals surface area contributed by atoms with Gasteiger partial charge in [-0.2, -0.15) is 0 Å². The van der Waals surface area contributed by atoms with Gasteiger partial charge in [0.15, 0.2) is 5.78 Å². The monoisotopic (exact) mass is 300 g/mol. The van der Waals surface area contributed by atoms with Crippen LogP contribution < -0.4 is 4.74 Å². The van der Waals surface area contributed by atoms with Crippen molar-refractivity contribution in [2.45, 2.75) is 26.2 Å². The number of ether oxygens (including phenoxy) is 2. The average molecular weight is 300 g/mol. The molecule has 116 valence electrons. The van der Waals surface area contributed by atoms with Crippen LogP contribution in [0.1, 0.15) is 36.5 Å². The summed E-state index contributed by atoms with van der Waals surface area (Å²) in [6.07, 6.45) is 1.16. The first kappa shape index (κ1) is 16.0. The summed E-state index contributed by atoms with van der Waals surface area (Å²) in [5, 5.41) is 1.77. The number of Topliss-reactive ketones (excluding diaryl/α,β-unsaturated/α-hetero) is 1. The van der Waals surface area contributed by atoms with Crippen molar-refractivity contribution < 1.29 is 19.1 Å². The predicted octanol–water partition coefficient (Wildman–Crippen LogP) is 3.76. The van der Waals surface area contributed by atoms with Gasteiger partial charge < -0.3 is 9.47 Å². The standard InChI is InChI=1S/C18H20O4/c1-3-12-22-17-10-8-14(13-6-4-5-7-15(13)17)16(19)9-11-18(20)21-2/h4-8,10H,3,9,11-12H2,1-2H3. The summed E-state index contributed by atoms with van der Waals surface area (Å²) in [6.45, 7) is 2.69. The molecule has 0 unspecified atom stereocenters. The number of ketones is 1. The maximum atomic E-state index is 12.4. The van der Waals surface area contributed by atoms with E-state index in [2.05, 4.69) is 4.74 Å². The van der Waals surface area contributed by atoms with E-state index in [9.17, 15) is 9.59 Å². The van der Waals surface area contributed by atoms with Crippen LogP contribution in [0.15, 0.2) is 36.4 Å². The summed E-state index contributed by atoms with van der Waals surface area (Å²) < 4.78 is 10.3. The van der Waals surface area contributed by atoms with Crippen LogP contribution in [0, 0.1) is 0 Å². The van der Waals surface area contributed by atoms with Gasteiger partial charge in [0.1, 0.15) is 5.75 Å². The minimum atomic E-state index is -0.374. The Morgan fingerprint density at radius 3 is 2.41 bits per heavy atom. The normalized spacial score (nSPS) is 10.5. The van der Waals surface area contributed by atoms with Crippen LogP contribution in [0.2, 0.25) is 0 Å². The van der Waals surface area contributed by atoms with E-state index in [1.165, 1.54) is 7.11 Å². The third kappa shape index (κ3) is 3.64. The van der Waals surface area contributed by atoms with Gasteiger partial charge in [0.2, 0.25) is 0 Å². The van der Waals surface area contributed by atoms with E-state index in [0.29, 0.717) is 12.2 Å². The maximum absolute atomic E-state index is 12.4. The molecule has 4 nitrogen and oxygen atoms in total. The lowest BCUT2D eigenvalue weighted by atomic mass is 9.98. The van der Waals surface area contributed by atoms with Crippen LogP contribution in [0.4, 0.5) is 0 Å². The van der Waals surface area contributed by atoms with Crippen LogP contribution in [-0.4, -0.2) is 25.5 Å². The molecule has 0 aliphatic rings. The molecule has 0 aromatic heterocycles. The number of carbonyl (C=O) groups excluding carboxylic acids is 2. The minimum absolute atomic E-state index is 0.0661. The molecule has 0 heterocycles. The molecular weight excluding hydrogens is 280 g/mol. The number of carbonyl (C=O) groups is 2. The molecule has 0 spiro atoms. The van der Waals surface area contributed by atoms with E-state index in [1.54, 1.807) is 6.07 Å². The van der Waals surface area contributed by atoms with Gasteiger partial charge in [0, 0.05) is 17.4 Å². The van der Waals surface area contributed by atoms with E-state index >= 15 is 0 Å². The van der Waals surface area contributed by atoms with E-state index in [-0.39, 0.29) is 24.6 Å². The zero-order valence-corrected chi connectivity index (χ0v) is 12.9. The second kappa shape index (κ2) is 7.59. The molecule has 4 heteroatoms. The Balaban J connectivity index is 2.31. The summed E-state index contributed by atoms with van der Waals surface area (Å²) in [4.78, 5) is 23.5. The Kier molecular flexibility index (Phi) is 5.53. The quantitative estimate of drug-likeness (QED) is 0.577. The van der Waals surface area contributed by atoms with Crippen molar-refractivity contribution in [1.29, 1.82) is 0 Å². The fraction of sp³-hybridized carbons (Fsp3) is 0.333. The first-order valence-corrected chi connectivity index (χ1v) is 7.42. The first-order chi connectivity index (χ1) is 10.7. The molecule has 2 rings (SSSR count). The highest BCUT2D eigenvalue weighted by molar-refractivity contribution is 6.10. The van der Waals surface area contributed by atoms with Crippen molar-refractivity contribution in [1.82, 2.24) is 0 Å². The molecular formula is C18H20O4.